The van der Waals surface area contributed by atoms with Crippen LogP contribution in [0.25, 0.3) is 0 Å². The summed E-state index contributed by atoms with van der Waals surface area (Å²) < 4.78 is 5.40. The van der Waals surface area contributed by atoms with Crippen molar-refractivity contribution in [3.63, 3.8) is 0 Å². The van der Waals surface area contributed by atoms with Gasteiger partial charge in [-0.05, 0) is 31.5 Å². The number of unbranched alkanes of at least 4 members (excludes halogenated alkanes) is 1. The van der Waals surface area contributed by atoms with Crippen molar-refractivity contribution in [1.82, 2.24) is 15.1 Å². The van der Waals surface area contributed by atoms with E-state index in [1.165, 1.54) is 13.0 Å². The van der Waals surface area contributed by atoms with Gasteiger partial charge in [0, 0.05) is 52.9 Å². The summed E-state index contributed by atoms with van der Waals surface area (Å²) in [6.45, 7) is 9.88. The van der Waals surface area contributed by atoms with E-state index in [9.17, 15) is 0 Å². The molecule has 2 saturated heterocycles. The molecule has 0 atom stereocenters. The molecule has 0 aromatic heterocycles. The minimum absolute atomic E-state index is 0. The van der Waals surface area contributed by atoms with E-state index in [4.69, 9.17) is 16.3 Å². The van der Waals surface area contributed by atoms with Crippen molar-refractivity contribution >= 4 is 47.2 Å². The molecule has 0 bridgehead atoms. The second-order valence-corrected chi connectivity index (χ2v) is 7.47. The van der Waals surface area contributed by atoms with Crippen molar-refractivity contribution in [3.05, 3.63) is 29.3 Å². The lowest BCUT2D eigenvalue weighted by Crippen LogP contribution is -2.52. The minimum atomic E-state index is 0. The Morgan fingerprint density at radius 1 is 1.07 bits per heavy atom. The van der Waals surface area contributed by atoms with Crippen LogP contribution in [0.5, 0.6) is 0 Å². The molecule has 0 aliphatic carbocycles. The molecule has 0 saturated carbocycles. The molecule has 0 amide bonds. The molecule has 0 unspecified atom stereocenters. The molecule has 1 N–H and O–H groups in total. The van der Waals surface area contributed by atoms with Crippen LogP contribution in [0.4, 0.5) is 5.69 Å². The number of nitrogens with zero attached hydrogens (tertiary/aromatic N) is 4. The monoisotopic (exact) mass is 521 g/mol. The number of piperazine rings is 1. The molecule has 28 heavy (non-hydrogen) atoms. The topological polar surface area (TPSA) is 43.3 Å². The quantitative estimate of drug-likeness (QED) is 0.270. The van der Waals surface area contributed by atoms with Gasteiger partial charge in [-0.1, -0.05) is 23.7 Å². The maximum atomic E-state index is 6.34. The fourth-order valence-electron chi connectivity index (χ4n) is 3.68. The lowest BCUT2D eigenvalue weighted by molar-refractivity contribution is 0.0372. The number of hydrogen-bond donors (Lipinski definition) is 1. The van der Waals surface area contributed by atoms with E-state index < -0.39 is 0 Å². The van der Waals surface area contributed by atoms with Gasteiger partial charge in [0.05, 0.1) is 23.9 Å². The van der Waals surface area contributed by atoms with E-state index in [1.54, 1.807) is 0 Å². The fourth-order valence-corrected chi connectivity index (χ4v) is 3.94. The first-order valence-electron chi connectivity index (χ1n) is 10.0. The van der Waals surface area contributed by atoms with Crippen molar-refractivity contribution in [2.75, 3.05) is 77.5 Å². The standard InChI is InChI=1S/C20H32ClN5O.HI/c1-22-20(23-8-4-5-9-24-14-16-27-17-15-24)26-12-10-25(11-13-26)19-7-3-2-6-18(19)21;/h2-3,6-7H,4-5,8-17H2,1H3,(H,22,23);1H. The number of aliphatic imine (C=N–C) groups is 1. The summed E-state index contributed by atoms with van der Waals surface area (Å²) in [5, 5.41) is 4.36. The highest BCUT2D eigenvalue weighted by Gasteiger charge is 2.20. The summed E-state index contributed by atoms with van der Waals surface area (Å²) in [4.78, 5) is 11.7. The van der Waals surface area contributed by atoms with Crippen molar-refractivity contribution < 1.29 is 4.74 Å². The summed E-state index contributed by atoms with van der Waals surface area (Å²) in [6, 6.07) is 8.08. The predicted molar refractivity (Wildman–Crippen MR) is 129 cm³/mol. The van der Waals surface area contributed by atoms with Crippen LogP contribution in [0, 0.1) is 0 Å². The van der Waals surface area contributed by atoms with Crippen LogP contribution in [0.15, 0.2) is 29.3 Å². The summed E-state index contributed by atoms with van der Waals surface area (Å²) >= 11 is 6.34. The molecule has 2 fully saturated rings. The van der Waals surface area contributed by atoms with E-state index in [2.05, 4.69) is 31.1 Å². The Bertz CT molecular complexity index is 604. The molecular weight excluding hydrogens is 489 g/mol. The molecule has 2 aliphatic rings. The Kier molecular flexibility index (Phi) is 10.7. The lowest BCUT2D eigenvalue weighted by Gasteiger charge is -2.38. The maximum Gasteiger partial charge on any atom is 0.193 e. The van der Waals surface area contributed by atoms with Crippen molar-refractivity contribution in [2.24, 2.45) is 4.99 Å². The summed E-state index contributed by atoms with van der Waals surface area (Å²) in [5.74, 6) is 1.01. The summed E-state index contributed by atoms with van der Waals surface area (Å²) in [5.41, 5.74) is 1.13. The number of guanidine groups is 1. The Balaban J connectivity index is 0.00000280. The zero-order valence-electron chi connectivity index (χ0n) is 16.8. The summed E-state index contributed by atoms with van der Waals surface area (Å²) in [7, 11) is 1.87. The first-order valence-corrected chi connectivity index (χ1v) is 10.4. The molecule has 6 nitrogen and oxygen atoms in total. The molecule has 2 heterocycles. The largest absolute Gasteiger partial charge is 0.379 e. The molecular formula is C20H33ClIN5O. The summed E-state index contributed by atoms with van der Waals surface area (Å²) in [6.07, 6.45) is 2.38. The molecule has 158 valence electrons. The van der Waals surface area contributed by atoms with E-state index in [0.717, 1.165) is 82.1 Å². The SMILES string of the molecule is CN=C(NCCCCN1CCOCC1)N1CCN(c2ccccc2Cl)CC1.I. The van der Waals surface area contributed by atoms with Crippen LogP contribution in [-0.2, 0) is 4.74 Å². The zero-order valence-corrected chi connectivity index (χ0v) is 19.9. The predicted octanol–water partition coefficient (Wildman–Crippen LogP) is 2.77. The number of anilines is 1. The number of rotatable bonds is 6. The van der Waals surface area contributed by atoms with Crippen molar-refractivity contribution in [1.29, 1.82) is 0 Å². The third kappa shape index (κ3) is 6.93. The highest BCUT2D eigenvalue weighted by atomic mass is 127. The second kappa shape index (κ2) is 12.7. The Morgan fingerprint density at radius 2 is 1.79 bits per heavy atom. The molecule has 1 aromatic rings. The highest BCUT2D eigenvalue weighted by Crippen LogP contribution is 2.25. The van der Waals surface area contributed by atoms with Crippen LogP contribution in [0.1, 0.15) is 12.8 Å². The van der Waals surface area contributed by atoms with Crippen molar-refractivity contribution in [3.8, 4) is 0 Å². The maximum absolute atomic E-state index is 6.34. The smallest absolute Gasteiger partial charge is 0.193 e. The Labute approximate surface area is 191 Å². The minimum Gasteiger partial charge on any atom is -0.379 e. The highest BCUT2D eigenvalue weighted by molar-refractivity contribution is 14.0. The number of hydrogen-bond acceptors (Lipinski definition) is 4. The average Bonchev–Trinajstić information content (AvgIpc) is 2.72. The second-order valence-electron chi connectivity index (χ2n) is 7.06. The molecule has 3 rings (SSSR count). The van der Waals surface area contributed by atoms with Gasteiger partial charge in [0.1, 0.15) is 0 Å². The van der Waals surface area contributed by atoms with Gasteiger partial charge in [-0.3, -0.25) is 9.89 Å². The molecule has 2 aliphatic heterocycles. The third-order valence-corrected chi connectivity index (χ3v) is 5.59. The normalized spacial score (nSPS) is 18.7. The van der Waals surface area contributed by atoms with Crippen LogP contribution in [0.3, 0.4) is 0 Å². The van der Waals surface area contributed by atoms with Gasteiger partial charge in [0.2, 0.25) is 0 Å². The van der Waals surface area contributed by atoms with Gasteiger partial charge < -0.3 is 19.9 Å². The first kappa shape index (κ1) is 23.5. The Hall–Kier alpha value is -0.770. The van der Waals surface area contributed by atoms with Gasteiger partial charge in [0.25, 0.3) is 0 Å². The number of halogens is 2. The van der Waals surface area contributed by atoms with Gasteiger partial charge in [-0.25, -0.2) is 0 Å². The van der Waals surface area contributed by atoms with Gasteiger partial charge in [-0.2, -0.15) is 0 Å². The Morgan fingerprint density at radius 3 is 2.46 bits per heavy atom. The average molecular weight is 522 g/mol. The van der Waals surface area contributed by atoms with E-state index in [0.29, 0.717) is 0 Å². The molecule has 8 heteroatoms. The fraction of sp³-hybridized carbons (Fsp3) is 0.650. The lowest BCUT2D eigenvalue weighted by atomic mass is 10.2. The van der Waals surface area contributed by atoms with Crippen LogP contribution >= 0.6 is 35.6 Å². The van der Waals surface area contributed by atoms with Gasteiger partial charge in [0.15, 0.2) is 5.96 Å². The number of morpholine rings is 1. The number of ether oxygens (including phenoxy) is 1. The first-order chi connectivity index (χ1) is 13.3. The molecule has 0 radical (unpaired) electrons. The number of benzene rings is 1. The van der Waals surface area contributed by atoms with Crippen LogP contribution in [-0.4, -0.2) is 88.4 Å². The van der Waals surface area contributed by atoms with Crippen LogP contribution < -0.4 is 10.2 Å². The number of para-hydroxylation sites is 1. The van der Waals surface area contributed by atoms with E-state index in [-0.39, 0.29) is 24.0 Å². The van der Waals surface area contributed by atoms with Crippen LogP contribution in [0.2, 0.25) is 5.02 Å². The van der Waals surface area contributed by atoms with Gasteiger partial charge >= 0.3 is 0 Å². The van der Waals surface area contributed by atoms with E-state index in [1.807, 2.05) is 25.2 Å². The number of nitrogens with one attached hydrogen (secondary N) is 1. The van der Waals surface area contributed by atoms with E-state index >= 15 is 0 Å². The molecule has 1 aromatic carbocycles. The van der Waals surface area contributed by atoms with Crippen molar-refractivity contribution in [2.45, 2.75) is 12.8 Å². The zero-order chi connectivity index (χ0) is 18.9. The third-order valence-electron chi connectivity index (χ3n) is 5.27. The van der Waals surface area contributed by atoms with Gasteiger partial charge in [-0.15, -0.1) is 24.0 Å². The molecule has 0 spiro atoms.